The van der Waals surface area contributed by atoms with Crippen molar-refractivity contribution in [3.63, 3.8) is 0 Å². The molecule has 0 amide bonds. The van der Waals surface area contributed by atoms with Crippen molar-refractivity contribution in [2.24, 2.45) is 5.92 Å². The summed E-state index contributed by atoms with van der Waals surface area (Å²) in [4.78, 5) is 2.60. The molecule has 0 bridgehead atoms. The van der Waals surface area contributed by atoms with Crippen molar-refractivity contribution in [2.75, 3.05) is 26.7 Å². The molecule has 1 unspecified atom stereocenters. The van der Waals surface area contributed by atoms with Gasteiger partial charge in [0.05, 0.1) is 11.6 Å². The van der Waals surface area contributed by atoms with Crippen LogP contribution in [0.25, 0.3) is 0 Å². The number of benzene rings is 1. The van der Waals surface area contributed by atoms with Crippen molar-refractivity contribution in [1.82, 2.24) is 10.2 Å². The van der Waals surface area contributed by atoms with Crippen LogP contribution in [0.3, 0.4) is 0 Å². The highest BCUT2D eigenvalue weighted by Gasteiger charge is 2.23. The molecular weight excluding hydrogens is 316 g/mol. The summed E-state index contributed by atoms with van der Waals surface area (Å²) in [5.74, 6) is 1.64. The maximum Gasteiger partial charge on any atom is 0.133 e. The first-order chi connectivity index (χ1) is 9.60. The zero-order valence-corrected chi connectivity index (χ0v) is 14.2. The zero-order chi connectivity index (χ0) is 14.5. The average Bonchev–Trinajstić information content (AvgIpc) is 2.41. The first-order valence-electron chi connectivity index (χ1n) is 7.37. The Morgan fingerprint density at radius 3 is 2.90 bits per heavy atom. The number of hydrogen-bond donors (Lipinski definition) is 1. The first-order valence-corrected chi connectivity index (χ1v) is 8.16. The molecule has 0 saturated carbocycles. The average molecular weight is 341 g/mol. The highest BCUT2D eigenvalue weighted by Crippen LogP contribution is 2.26. The van der Waals surface area contributed by atoms with E-state index in [4.69, 9.17) is 4.74 Å². The Morgan fingerprint density at radius 2 is 2.25 bits per heavy atom. The highest BCUT2D eigenvalue weighted by atomic mass is 79.9. The summed E-state index contributed by atoms with van der Waals surface area (Å²) in [5, 5.41) is 3.51. The maximum atomic E-state index is 5.29. The molecule has 20 heavy (non-hydrogen) atoms. The monoisotopic (exact) mass is 340 g/mol. The molecule has 0 spiro atoms. The van der Waals surface area contributed by atoms with Gasteiger partial charge < -0.3 is 10.1 Å². The molecule has 1 saturated heterocycles. The second kappa shape index (κ2) is 7.43. The molecule has 4 heteroatoms. The molecule has 1 fully saturated rings. The van der Waals surface area contributed by atoms with Gasteiger partial charge >= 0.3 is 0 Å². The molecule has 1 atom stereocenters. The lowest BCUT2D eigenvalue weighted by Crippen LogP contribution is -2.51. The van der Waals surface area contributed by atoms with E-state index in [2.05, 4.69) is 52.1 Å². The quantitative estimate of drug-likeness (QED) is 0.890. The van der Waals surface area contributed by atoms with E-state index in [1.54, 1.807) is 7.11 Å². The van der Waals surface area contributed by atoms with Gasteiger partial charge in [-0.15, -0.1) is 0 Å². The van der Waals surface area contributed by atoms with Crippen molar-refractivity contribution in [3.05, 3.63) is 28.2 Å². The molecule has 1 N–H and O–H groups in total. The predicted octanol–water partition coefficient (Wildman–Crippen LogP) is 3.28. The van der Waals surface area contributed by atoms with Crippen molar-refractivity contribution >= 4 is 15.9 Å². The van der Waals surface area contributed by atoms with E-state index in [0.29, 0.717) is 6.04 Å². The summed E-state index contributed by atoms with van der Waals surface area (Å²) in [7, 11) is 1.70. The molecule has 2 rings (SSSR count). The number of rotatable bonds is 5. The van der Waals surface area contributed by atoms with Gasteiger partial charge in [-0.2, -0.15) is 0 Å². The van der Waals surface area contributed by atoms with E-state index in [9.17, 15) is 0 Å². The third-order valence-corrected chi connectivity index (χ3v) is 4.44. The van der Waals surface area contributed by atoms with Crippen molar-refractivity contribution in [1.29, 1.82) is 0 Å². The number of ether oxygens (including phenoxy) is 1. The normalized spacial score (nSPS) is 20.4. The van der Waals surface area contributed by atoms with E-state index in [1.165, 1.54) is 12.0 Å². The summed E-state index contributed by atoms with van der Waals surface area (Å²) in [6.07, 6.45) is 1.25. The van der Waals surface area contributed by atoms with Crippen molar-refractivity contribution < 1.29 is 4.74 Å². The minimum atomic E-state index is 0.643. The lowest BCUT2D eigenvalue weighted by molar-refractivity contribution is 0.134. The molecule has 112 valence electrons. The molecule has 0 aliphatic carbocycles. The lowest BCUT2D eigenvalue weighted by atomic mass is 10.00. The van der Waals surface area contributed by atoms with Crippen LogP contribution in [-0.2, 0) is 6.54 Å². The number of piperazine rings is 1. The topological polar surface area (TPSA) is 24.5 Å². The minimum absolute atomic E-state index is 0.643. The fourth-order valence-electron chi connectivity index (χ4n) is 2.83. The van der Waals surface area contributed by atoms with Gasteiger partial charge in [0.2, 0.25) is 0 Å². The molecule has 1 aliphatic rings. The van der Waals surface area contributed by atoms with Crippen LogP contribution < -0.4 is 10.1 Å². The van der Waals surface area contributed by atoms with Crippen LogP contribution >= 0.6 is 15.9 Å². The van der Waals surface area contributed by atoms with Crippen LogP contribution in [0, 0.1) is 5.92 Å². The summed E-state index contributed by atoms with van der Waals surface area (Å²) < 4.78 is 6.33. The van der Waals surface area contributed by atoms with E-state index >= 15 is 0 Å². The van der Waals surface area contributed by atoms with Gasteiger partial charge in [0, 0.05) is 32.2 Å². The molecule has 0 radical (unpaired) electrons. The number of hydrogen-bond acceptors (Lipinski definition) is 3. The fraction of sp³-hybridized carbons (Fsp3) is 0.625. The number of methoxy groups -OCH3 is 1. The van der Waals surface area contributed by atoms with Crippen LogP contribution in [0.4, 0.5) is 0 Å². The maximum absolute atomic E-state index is 5.29. The molecule has 3 nitrogen and oxygen atoms in total. The van der Waals surface area contributed by atoms with Gasteiger partial charge in [0.25, 0.3) is 0 Å². The summed E-state index contributed by atoms with van der Waals surface area (Å²) in [6, 6.07) is 7.02. The minimum Gasteiger partial charge on any atom is -0.496 e. The van der Waals surface area contributed by atoms with E-state index < -0.39 is 0 Å². The van der Waals surface area contributed by atoms with Crippen molar-refractivity contribution in [2.45, 2.75) is 32.9 Å². The predicted molar refractivity (Wildman–Crippen MR) is 87.2 cm³/mol. The molecule has 0 aromatic heterocycles. The standard InChI is InChI=1S/C16H25BrN2O/c1-12(2)8-14-10-18-6-7-19(14)11-13-4-5-16(20-3)15(17)9-13/h4-5,9,12,14,18H,6-8,10-11H2,1-3H3. The fourth-order valence-corrected chi connectivity index (χ4v) is 3.42. The van der Waals surface area contributed by atoms with Crippen LogP contribution in [0.5, 0.6) is 5.75 Å². The zero-order valence-electron chi connectivity index (χ0n) is 12.7. The van der Waals surface area contributed by atoms with Crippen LogP contribution in [-0.4, -0.2) is 37.7 Å². The Balaban J connectivity index is 2.04. The molecule has 1 aromatic rings. The number of halogens is 1. The van der Waals surface area contributed by atoms with Gasteiger partial charge in [-0.3, -0.25) is 4.90 Å². The Hall–Kier alpha value is -0.580. The number of nitrogens with one attached hydrogen (secondary N) is 1. The molecular formula is C16H25BrN2O. The SMILES string of the molecule is COc1ccc(CN2CCNCC2CC(C)C)cc1Br. The van der Waals surface area contributed by atoms with E-state index in [1.807, 2.05) is 6.07 Å². The molecule has 1 aliphatic heterocycles. The van der Waals surface area contributed by atoms with Crippen LogP contribution in [0.1, 0.15) is 25.8 Å². The number of nitrogens with zero attached hydrogens (tertiary/aromatic N) is 1. The Labute approximate surface area is 130 Å². The second-order valence-electron chi connectivity index (χ2n) is 5.93. The van der Waals surface area contributed by atoms with Crippen LogP contribution in [0.2, 0.25) is 0 Å². The molecule has 1 heterocycles. The first kappa shape index (κ1) is 15.8. The van der Waals surface area contributed by atoms with Gasteiger partial charge in [0.1, 0.15) is 5.75 Å². The van der Waals surface area contributed by atoms with Gasteiger partial charge in [-0.1, -0.05) is 19.9 Å². The summed E-state index contributed by atoms with van der Waals surface area (Å²) in [5.41, 5.74) is 1.34. The largest absolute Gasteiger partial charge is 0.496 e. The summed E-state index contributed by atoms with van der Waals surface area (Å²) >= 11 is 3.57. The molecule has 1 aromatic carbocycles. The van der Waals surface area contributed by atoms with E-state index in [0.717, 1.165) is 42.3 Å². The lowest BCUT2D eigenvalue weighted by Gasteiger charge is -2.37. The Kier molecular flexibility index (Phi) is 5.87. The third-order valence-electron chi connectivity index (χ3n) is 3.82. The van der Waals surface area contributed by atoms with E-state index in [-0.39, 0.29) is 0 Å². The van der Waals surface area contributed by atoms with Crippen molar-refractivity contribution in [3.8, 4) is 5.75 Å². The van der Waals surface area contributed by atoms with Gasteiger partial charge in [0.15, 0.2) is 0 Å². The highest BCUT2D eigenvalue weighted by molar-refractivity contribution is 9.10. The Morgan fingerprint density at radius 1 is 1.45 bits per heavy atom. The van der Waals surface area contributed by atoms with Crippen LogP contribution in [0.15, 0.2) is 22.7 Å². The summed E-state index contributed by atoms with van der Waals surface area (Å²) in [6.45, 7) is 8.94. The smallest absolute Gasteiger partial charge is 0.133 e. The third kappa shape index (κ3) is 4.21. The van der Waals surface area contributed by atoms with Gasteiger partial charge in [-0.05, 0) is 46.0 Å². The van der Waals surface area contributed by atoms with Gasteiger partial charge in [-0.25, -0.2) is 0 Å². The Bertz CT molecular complexity index is 436. The second-order valence-corrected chi connectivity index (χ2v) is 6.78.